The Hall–Kier alpha value is -0.910. The summed E-state index contributed by atoms with van der Waals surface area (Å²) in [5.41, 5.74) is 7.02. The minimum Gasteiger partial charge on any atom is -0.396 e. The summed E-state index contributed by atoms with van der Waals surface area (Å²) in [7, 11) is 1.91. The highest BCUT2D eigenvalue weighted by molar-refractivity contribution is 5.11. The molecule has 1 aromatic heterocycles. The van der Waals surface area contributed by atoms with Crippen LogP contribution in [0.2, 0.25) is 0 Å². The van der Waals surface area contributed by atoms with E-state index >= 15 is 0 Å². The van der Waals surface area contributed by atoms with Crippen LogP contribution in [0, 0.1) is 0 Å². The Balaban J connectivity index is 2.81. The van der Waals surface area contributed by atoms with Crippen molar-refractivity contribution in [3.8, 4) is 0 Å². The van der Waals surface area contributed by atoms with E-state index in [9.17, 15) is 0 Å². The Morgan fingerprint density at radius 3 is 2.65 bits per heavy atom. The van der Waals surface area contributed by atoms with Gasteiger partial charge in [-0.3, -0.25) is 9.58 Å². The molecule has 0 saturated carbocycles. The second kappa shape index (κ2) is 6.74. The zero-order valence-corrected chi connectivity index (χ0v) is 11.0. The molecule has 0 bridgehead atoms. The molecule has 0 aliphatic heterocycles. The summed E-state index contributed by atoms with van der Waals surface area (Å²) in [6.07, 6.45) is 4.65. The fourth-order valence-electron chi connectivity index (χ4n) is 2.10. The fraction of sp³-hybridized carbons (Fsp3) is 0.750. The Kier molecular flexibility index (Phi) is 5.61. The van der Waals surface area contributed by atoms with Crippen LogP contribution in [0.1, 0.15) is 31.9 Å². The summed E-state index contributed by atoms with van der Waals surface area (Å²) >= 11 is 0. The van der Waals surface area contributed by atoms with E-state index in [4.69, 9.17) is 10.8 Å². The SMILES string of the molecule is CC(C)N(CCCO)C(CN)c1cnn(C)c1. The van der Waals surface area contributed by atoms with E-state index in [2.05, 4.69) is 23.8 Å². The van der Waals surface area contributed by atoms with Gasteiger partial charge in [0.15, 0.2) is 0 Å². The van der Waals surface area contributed by atoms with Crippen molar-refractivity contribution in [3.63, 3.8) is 0 Å². The Labute approximate surface area is 103 Å². The number of hydrogen-bond donors (Lipinski definition) is 2. The molecule has 5 nitrogen and oxygen atoms in total. The van der Waals surface area contributed by atoms with Gasteiger partial charge in [0.1, 0.15) is 0 Å². The maximum Gasteiger partial charge on any atom is 0.0538 e. The lowest BCUT2D eigenvalue weighted by Crippen LogP contribution is -2.39. The van der Waals surface area contributed by atoms with Crippen LogP contribution in [-0.2, 0) is 7.05 Å². The molecule has 0 amide bonds. The number of aromatic nitrogens is 2. The van der Waals surface area contributed by atoms with Gasteiger partial charge in [0, 0.05) is 44.5 Å². The monoisotopic (exact) mass is 240 g/mol. The van der Waals surface area contributed by atoms with Crippen molar-refractivity contribution < 1.29 is 5.11 Å². The van der Waals surface area contributed by atoms with E-state index in [1.165, 1.54) is 0 Å². The molecule has 0 aromatic carbocycles. The van der Waals surface area contributed by atoms with Crippen LogP contribution in [-0.4, -0.2) is 45.5 Å². The number of nitrogens with zero attached hydrogens (tertiary/aromatic N) is 3. The molecule has 0 spiro atoms. The molecule has 1 atom stereocenters. The van der Waals surface area contributed by atoms with Crippen LogP contribution in [0.5, 0.6) is 0 Å². The van der Waals surface area contributed by atoms with Crippen LogP contribution in [0.3, 0.4) is 0 Å². The molecule has 1 heterocycles. The highest BCUT2D eigenvalue weighted by Gasteiger charge is 2.22. The minimum absolute atomic E-state index is 0.176. The molecule has 0 radical (unpaired) electrons. The fourth-order valence-corrected chi connectivity index (χ4v) is 2.10. The first-order valence-corrected chi connectivity index (χ1v) is 6.15. The van der Waals surface area contributed by atoms with Crippen LogP contribution in [0.25, 0.3) is 0 Å². The van der Waals surface area contributed by atoms with Gasteiger partial charge in [0.05, 0.1) is 12.2 Å². The molecule has 0 aliphatic carbocycles. The van der Waals surface area contributed by atoms with Gasteiger partial charge in [-0.05, 0) is 20.3 Å². The van der Waals surface area contributed by atoms with Gasteiger partial charge in [-0.1, -0.05) is 0 Å². The lowest BCUT2D eigenvalue weighted by atomic mass is 10.1. The topological polar surface area (TPSA) is 67.3 Å². The number of aryl methyl sites for hydroxylation is 1. The third-order valence-electron chi connectivity index (χ3n) is 2.97. The third-order valence-corrected chi connectivity index (χ3v) is 2.97. The van der Waals surface area contributed by atoms with Gasteiger partial charge in [0.25, 0.3) is 0 Å². The lowest BCUT2D eigenvalue weighted by molar-refractivity contribution is 0.141. The number of hydrogen-bond acceptors (Lipinski definition) is 4. The Bertz CT molecular complexity index is 324. The van der Waals surface area contributed by atoms with Crippen LogP contribution in [0.15, 0.2) is 12.4 Å². The molecule has 1 rings (SSSR count). The first-order chi connectivity index (χ1) is 8.10. The standard InChI is InChI=1S/C12H24N4O/c1-10(2)16(5-4-6-17)12(7-13)11-8-14-15(3)9-11/h8-10,12,17H,4-7,13H2,1-3H3. The lowest BCUT2D eigenvalue weighted by Gasteiger charge is -2.33. The number of aliphatic hydroxyl groups is 1. The van der Waals surface area contributed by atoms with Crippen molar-refractivity contribution in [1.82, 2.24) is 14.7 Å². The predicted octanol–water partition coefficient (Wildman–Crippen LogP) is 0.513. The third kappa shape index (κ3) is 3.80. The molecule has 98 valence electrons. The van der Waals surface area contributed by atoms with Crippen molar-refractivity contribution >= 4 is 0 Å². The average molecular weight is 240 g/mol. The summed E-state index contributed by atoms with van der Waals surface area (Å²) in [5.74, 6) is 0. The largest absolute Gasteiger partial charge is 0.396 e. The van der Waals surface area contributed by atoms with Gasteiger partial charge < -0.3 is 10.8 Å². The molecular formula is C12H24N4O. The van der Waals surface area contributed by atoms with Crippen LogP contribution in [0.4, 0.5) is 0 Å². The highest BCUT2D eigenvalue weighted by atomic mass is 16.3. The summed E-state index contributed by atoms with van der Waals surface area (Å²) in [6.45, 7) is 5.93. The van der Waals surface area contributed by atoms with E-state index in [1.807, 2.05) is 19.4 Å². The van der Waals surface area contributed by atoms with Gasteiger partial charge in [0.2, 0.25) is 0 Å². The van der Waals surface area contributed by atoms with E-state index < -0.39 is 0 Å². The van der Waals surface area contributed by atoms with Gasteiger partial charge >= 0.3 is 0 Å². The second-order valence-electron chi connectivity index (χ2n) is 4.61. The number of aliphatic hydroxyl groups excluding tert-OH is 1. The molecule has 0 fully saturated rings. The van der Waals surface area contributed by atoms with Crippen molar-refractivity contribution in [2.75, 3.05) is 19.7 Å². The van der Waals surface area contributed by atoms with Crippen molar-refractivity contribution in [1.29, 1.82) is 0 Å². The van der Waals surface area contributed by atoms with E-state index in [0.29, 0.717) is 12.6 Å². The molecule has 5 heteroatoms. The molecule has 17 heavy (non-hydrogen) atoms. The number of nitrogens with two attached hydrogens (primary N) is 1. The smallest absolute Gasteiger partial charge is 0.0538 e. The van der Waals surface area contributed by atoms with Crippen molar-refractivity contribution in [3.05, 3.63) is 18.0 Å². The van der Waals surface area contributed by atoms with Crippen molar-refractivity contribution in [2.45, 2.75) is 32.4 Å². The highest BCUT2D eigenvalue weighted by Crippen LogP contribution is 2.21. The van der Waals surface area contributed by atoms with Gasteiger partial charge in [-0.25, -0.2) is 0 Å². The maximum atomic E-state index is 8.95. The molecule has 3 N–H and O–H groups in total. The van der Waals surface area contributed by atoms with E-state index in [0.717, 1.165) is 18.5 Å². The van der Waals surface area contributed by atoms with Crippen LogP contribution >= 0.6 is 0 Å². The summed E-state index contributed by atoms with van der Waals surface area (Å²) in [6, 6.07) is 0.575. The number of rotatable bonds is 7. The van der Waals surface area contributed by atoms with E-state index in [1.54, 1.807) is 4.68 Å². The minimum atomic E-state index is 0.176. The summed E-state index contributed by atoms with van der Waals surface area (Å²) in [5, 5.41) is 13.1. The molecule has 0 aliphatic rings. The summed E-state index contributed by atoms with van der Waals surface area (Å²) in [4.78, 5) is 2.31. The van der Waals surface area contributed by atoms with Crippen molar-refractivity contribution in [2.24, 2.45) is 12.8 Å². The van der Waals surface area contributed by atoms with Crippen LogP contribution < -0.4 is 5.73 Å². The predicted molar refractivity (Wildman–Crippen MR) is 68.5 cm³/mol. The zero-order valence-electron chi connectivity index (χ0n) is 11.0. The molecule has 1 aromatic rings. The van der Waals surface area contributed by atoms with E-state index in [-0.39, 0.29) is 12.6 Å². The molecule has 1 unspecified atom stereocenters. The Morgan fingerprint density at radius 1 is 1.53 bits per heavy atom. The van der Waals surface area contributed by atoms with Gasteiger partial charge in [-0.15, -0.1) is 0 Å². The zero-order chi connectivity index (χ0) is 12.8. The summed E-state index contributed by atoms with van der Waals surface area (Å²) < 4.78 is 1.79. The Morgan fingerprint density at radius 2 is 2.24 bits per heavy atom. The first kappa shape index (κ1) is 14.2. The molecule has 0 saturated heterocycles. The van der Waals surface area contributed by atoms with Gasteiger partial charge in [-0.2, -0.15) is 5.10 Å². The first-order valence-electron chi connectivity index (χ1n) is 6.15. The second-order valence-corrected chi connectivity index (χ2v) is 4.61. The quantitative estimate of drug-likeness (QED) is 0.729. The molecular weight excluding hydrogens is 216 g/mol. The normalized spacial score (nSPS) is 13.6. The average Bonchev–Trinajstić information content (AvgIpc) is 2.70. The maximum absolute atomic E-state index is 8.95.